The maximum Gasteiger partial charge on any atom is 0.291 e. The third-order valence-corrected chi connectivity index (χ3v) is 3.69. The fourth-order valence-corrected chi connectivity index (χ4v) is 2.62. The summed E-state index contributed by atoms with van der Waals surface area (Å²) in [5, 5.41) is 0. The number of aromatic amines is 1. The first kappa shape index (κ1) is 24.8. The van der Waals surface area contributed by atoms with E-state index in [-0.39, 0.29) is 5.56 Å². The van der Waals surface area contributed by atoms with Crippen LogP contribution in [0.1, 0.15) is 50.5 Å². The van der Waals surface area contributed by atoms with E-state index < -0.39 is 5.95 Å². The van der Waals surface area contributed by atoms with Gasteiger partial charge < -0.3 is 14.1 Å². The van der Waals surface area contributed by atoms with Gasteiger partial charge in [0.25, 0.3) is 11.4 Å². The van der Waals surface area contributed by atoms with Gasteiger partial charge >= 0.3 is 0 Å². The van der Waals surface area contributed by atoms with Crippen LogP contribution < -0.4 is 10.3 Å². The molecule has 0 aromatic carbocycles. The Hall–Kier alpha value is -3.23. The van der Waals surface area contributed by atoms with Crippen molar-refractivity contribution in [2.75, 3.05) is 7.11 Å². The molecule has 0 bridgehead atoms. The quantitative estimate of drug-likeness (QED) is 0.501. The van der Waals surface area contributed by atoms with E-state index in [1.54, 1.807) is 24.4 Å². The van der Waals surface area contributed by atoms with Gasteiger partial charge in [-0.1, -0.05) is 27.7 Å². The van der Waals surface area contributed by atoms with Gasteiger partial charge in [-0.3, -0.25) is 9.20 Å². The molecule has 4 rings (SSSR count). The van der Waals surface area contributed by atoms with E-state index in [0.717, 1.165) is 17.1 Å². The Balaban J connectivity index is 0.000000260. The molecule has 0 unspecified atom stereocenters. The van der Waals surface area contributed by atoms with Gasteiger partial charge in [0, 0.05) is 24.3 Å². The number of aryl methyl sites for hydroxylation is 4. The highest BCUT2D eigenvalue weighted by Crippen LogP contribution is 2.19. The zero-order chi connectivity index (χ0) is 23.0. The molecule has 0 aliphatic heterocycles. The number of halogens is 1. The molecule has 0 saturated heterocycles. The number of hydrogen-bond acceptors (Lipinski definition) is 5. The van der Waals surface area contributed by atoms with E-state index in [4.69, 9.17) is 4.74 Å². The molecule has 4 aromatic rings. The number of nitrogens with zero attached hydrogens (tertiary/aromatic N) is 5. The van der Waals surface area contributed by atoms with Crippen LogP contribution in [0.5, 0.6) is 5.88 Å². The number of rotatable bonds is 1. The molecule has 164 valence electrons. The van der Waals surface area contributed by atoms with Crippen LogP contribution in [0, 0.1) is 33.6 Å². The van der Waals surface area contributed by atoms with E-state index in [9.17, 15) is 9.18 Å². The first-order chi connectivity index (χ1) is 14.3. The predicted molar refractivity (Wildman–Crippen MR) is 117 cm³/mol. The molecule has 9 heteroatoms. The second-order valence-corrected chi connectivity index (χ2v) is 5.95. The van der Waals surface area contributed by atoms with E-state index in [1.165, 1.54) is 11.5 Å². The van der Waals surface area contributed by atoms with Crippen molar-refractivity contribution < 1.29 is 9.13 Å². The van der Waals surface area contributed by atoms with Crippen LogP contribution in [-0.2, 0) is 0 Å². The van der Waals surface area contributed by atoms with E-state index >= 15 is 0 Å². The summed E-state index contributed by atoms with van der Waals surface area (Å²) in [5.41, 5.74) is 3.45. The Morgan fingerprint density at radius 1 is 0.900 bits per heavy atom. The second kappa shape index (κ2) is 11.1. The molecule has 4 aromatic heterocycles. The van der Waals surface area contributed by atoms with Crippen LogP contribution in [0.25, 0.3) is 11.3 Å². The first-order valence-corrected chi connectivity index (χ1v) is 9.91. The lowest BCUT2D eigenvalue weighted by molar-refractivity contribution is 0.393. The largest absolute Gasteiger partial charge is 0.478 e. The highest BCUT2D eigenvalue weighted by Gasteiger charge is 2.13. The Labute approximate surface area is 175 Å². The SMILES string of the molecule is CC.CC.COc1nc(C)c(F)n2cc(C)nc12.Cc1cn2cc(C)[nH]c(=O)c2n1. The van der Waals surface area contributed by atoms with Gasteiger partial charge in [0.2, 0.25) is 17.2 Å². The van der Waals surface area contributed by atoms with Crippen molar-refractivity contribution in [3.63, 3.8) is 0 Å². The molecule has 0 saturated carbocycles. The summed E-state index contributed by atoms with van der Waals surface area (Å²) < 4.78 is 21.6. The number of nitrogens with one attached hydrogen (secondary N) is 1. The minimum Gasteiger partial charge on any atom is -0.478 e. The standard InChI is InChI=1S/C9H10FN3O.C8H9N3O.2C2H6/c1-5-4-13-7(10)6(2)12-9(14-3)8(13)11-5;1-5-3-11-4-6(2)10-8(12)7(11)9-5;2*1-2/h4H,1-3H3;3-4H,1-2H3,(H,10,12);2*1-2H3. The number of fused-ring (bicyclic) bond motifs is 2. The molecule has 30 heavy (non-hydrogen) atoms. The average Bonchev–Trinajstić information content (AvgIpc) is 3.30. The fraction of sp³-hybridized carbons (Fsp3) is 0.429. The van der Waals surface area contributed by atoms with Crippen molar-refractivity contribution in [2.45, 2.75) is 55.4 Å². The van der Waals surface area contributed by atoms with E-state index in [1.807, 2.05) is 53.9 Å². The lowest BCUT2D eigenvalue weighted by atomic mass is 10.5. The molecule has 8 nitrogen and oxygen atoms in total. The predicted octanol–water partition coefficient (Wildman–Crippen LogP) is 4.19. The molecular weight excluding hydrogens is 387 g/mol. The number of imidazole rings is 2. The van der Waals surface area contributed by atoms with E-state index in [0.29, 0.717) is 22.9 Å². The van der Waals surface area contributed by atoms with Crippen molar-refractivity contribution in [3.05, 3.63) is 57.7 Å². The lowest BCUT2D eigenvalue weighted by Gasteiger charge is -2.04. The lowest BCUT2D eigenvalue weighted by Crippen LogP contribution is -2.10. The van der Waals surface area contributed by atoms with Gasteiger partial charge in [-0.15, -0.1) is 0 Å². The summed E-state index contributed by atoms with van der Waals surface area (Å²) >= 11 is 0. The van der Waals surface area contributed by atoms with Crippen LogP contribution in [0.3, 0.4) is 0 Å². The normalized spacial score (nSPS) is 9.80. The molecule has 0 atom stereocenters. The van der Waals surface area contributed by atoms with Crippen molar-refractivity contribution in [2.24, 2.45) is 0 Å². The third kappa shape index (κ3) is 5.43. The molecule has 0 aliphatic carbocycles. The molecule has 0 spiro atoms. The fourth-order valence-electron chi connectivity index (χ4n) is 2.62. The maximum absolute atomic E-state index is 13.5. The van der Waals surface area contributed by atoms with Crippen LogP contribution in [0.15, 0.2) is 23.4 Å². The maximum atomic E-state index is 13.5. The molecule has 0 fully saturated rings. The topological polar surface area (TPSA) is 89.6 Å². The molecule has 4 heterocycles. The summed E-state index contributed by atoms with van der Waals surface area (Å²) in [6, 6.07) is 0. The van der Waals surface area contributed by atoms with Gasteiger partial charge in [0.15, 0.2) is 0 Å². The van der Waals surface area contributed by atoms with Gasteiger partial charge in [0.1, 0.15) is 0 Å². The zero-order valence-corrected chi connectivity index (χ0v) is 19.2. The Morgan fingerprint density at radius 2 is 1.47 bits per heavy atom. The van der Waals surface area contributed by atoms with Crippen molar-refractivity contribution in [3.8, 4) is 5.88 Å². The van der Waals surface area contributed by atoms with Crippen molar-refractivity contribution in [1.82, 2.24) is 28.7 Å². The second-order valence-electron chi connectivity index (χ2n) is 5.95. The smallest absolute Gasteiger partial charge is 0.291 e. The highest BCUT2D eigenvalue weighted by molar-refractivity contribution is 5.50. The number of aromatic nitrogens is 6. The zero-order valence-electron chi connectivity index (χ0n) is 19.2. The van der Waals surface area contributed by atoms with Gasteiger partial charge in [0.05, 0.1) is 24.2 Å². The Bertz CT molecular complexity index is 1160. The van der Waals surface area contributed by atoms with Crippen LogP contribution in [0.4, 0.5) is 4.39 Å². The number of methoxy groups -OCH3 is 1. The summed E-state index contributed by atoms with van der Waals surface area (Å²) in [4.78, 5) is 26.1. The number of ether oxygens (including phenoxy) is 1. The highest BCUT2D eigenvalue weighted by atomic mass is 19.1. The summed E-state index contributed by atoms with van der Waals surface area (Å²) in [6.45, 7) is 15.1. The van der Waals surface area contributed by atoms with Crippen molar-refractivity contribution >= 4 is 11.3 Å². The number of hydrogen-bond donors (Lipinski definition) is 1. The van der Waals surface area contributed by atoms with Gasteiger partial charge in [-0.05, 0) is 27.7 Å². The minimum atomic E-state index is -0.401. The monoisotopic (exact) mass is 418 g/mol. The molecule has 1 N–H and O–H groups in total. The van der Waals surface area contributed by atoms with Gasteiger partial charge in [-0.25, -0.2) is 15.0 Å². The number of H-pyrrole nitrogens is 1. The molecule has 0 aliphatic rings. The molecule has 0 radical (unpaired) electrons. The van der Waals surface area contributed by atoms with Gasteiger partial charge in [-0.2, -0.15) is 4.39 Å². The summed E-state index contributed by atoms with van der Waals surface area (Å²) in [7, 11) is 1.49. The van der Waals surface area contributed by atoms with Crippen LogP contribution in [0.2, 0.25) is 0 Å². The van der Waals surface area contributed by atoms with Crippen molar-refractivity contribution in [1.29, 1.82) is 0 Å². The first-order valence-electron chi connectivity index (χ1n) is 9.91. The molecule has 0 amide bonds. The van der Waals surface area contributed by atoms with Crippen LogP contribution in [-0.4, -0.2) is 35.8 Å². The Kier molecular flexibility index (Phi) is 9.16. The molecular formula is C21H31FN6O2. The van der Waals surface area contributed by atoms with Crippen LogP contribution >= 0.6 is 0 Å². The summed E-state index contributed by atoms with van der Waals surface area (Å²) in [5.74, 6) is -0.0570. The Morgan fingerprint density at radius 3 is 2.07 bits per heavy atom. The minimum absolute atomic E-state index is 0.136. The third-order valence-electron chi connectivity index (χ3n) is 3.69. The average molecular weight is 419 g/mol. The summed E-state index contributed by atoms with van der Waals surface area (Å²) in [6.07, 6.45) is 5.29. The van der Waals surface area contributed by atoms with E-state index in [2.05, 4.69) is 19.9 Å².